The van der Waals surface area contributed by atoms with Gasteiger partial charge >= 0.3 is 5.97 Å². The SMILES string of the molecule is CCOC(=O)/C(C#N)=C(/Cl)c1ccc(F)cc1. The van der Waals surface area contributed by atoms with Gasteiger partial charge in [0.1, 0.15) is 11.9 Å². The van der Waals surface area contributed by atoms with Crippen LogP contribution in [0, 0.1) is 17.1 Å². The van der Waals surface area contributed by atoms with Gasteiger partial charge in [0.15, 0.2) is 5.57 Å². The Morgan fingerprint density at radius 2 is 2.06 bits per heavy atom. The Bertz CT molecular complexity index is 488. The molecular weight excluding hydrogens is 245 g/mol. The maximum absolute atomic E-state index is 12.7. The van der Waals surface area contributed by atoms with E-state index in [1.54, 1.807) is 13.0 Å². The summed E-state index contributed by atoms with van der Waals surface area (Å²) in [7, 11) is 0. The number of hydrogen-bond acceptors (Lipinski definition) is 3. The molecular formula is C12H9ClFNO2. The highest BCUT2D eigenvalue weighted by Gasteiger charge is 2.16. The van der Waals surface area contributed by atoms with Crippen molar-refractivity contribution in [3.8, 4) is 6.07 Å². The standard InChI is InChI=1S/C12H9ClFNO2/c1-2-17-12(16)10(7-15)11(13)8-3-5-9(14)6-4-8/h3-6H,2H2,1H3/b11-10+. The summed E-state index contributed by atoms with van der Waals surface area (Å²) in [5.74, 6) is -1.21. The fourth-order valence-corrected chi connectivity index (χ4v) is 1.37. The first kappa shape index (κ1) is 13.2. The highest BCUT2D eigenvalue weighted by Crippen LogP contribution is 2.23. The van der Waals surface area contributed by atoms with E-state index in [0.717, 1.165) is 0 Å². The van der Waals surface area contributed by atoms with Gasteiger partial charge in [0.25, 0.3) is 0 Å². The van der Waals surface area contributed by atoms with E-state index in [1.165, 1.54) is 24.3 Å². The molecule has 0 bridgehead atoms. The lowest BCUT2D eigenvalue weighted by Gasteiger charge is -2.03. The number of hydrogen-bond donors (Lipinski definition) is 0. The second kappa shape index (κ2) is 6.02. The maximum Gasteiger partial charge on any atom is 0.350 e. The van der Waals surface area contributed by atoms with Crippen molar-refractivity contribution in [2.24, 2.45) is 0 Å². The summed E-state index contributed by atoms with van der Waals surface area (Å²) in [6.07, 6.45) is 0. The van der Waals surface area contributed by atoms with E-state index in [0.29, 0.717) is 5.56 Å². The fourth-order valence-electron chi connectivity index (χ4n) is 1.13. The summed E-state index contributed by atoms with van der Waals surface area (Å²) in [5.41, 5.74) is 0.0952. The van der Waals surface area contributed by atoms with Crippen LogP contribution in [0.15, 0.2) is 29.8 Å². The number of esters is 1. The van der Waals surface area contributed by atoms with Crippen LogP contribution in [0.3, 0.4) is 0 Å². The van der Waals surface area contributed by atoms with Crippen molar-refractivity contribution in [3.63, 3.8) is 0 Å². The van der Waals surface area contributed by atoms with Crippen LogP contribution in [0.1, 0.15) is 12.5 Å². The number of nitriles is 1. The zero-order valence-corrected chi connectivity index (χ0v) is 9.79. The summed E-state index contributed by atoms with van der Waals surface area (Å²) >= 11 is 5.89. The van der Waals surface area contributed by atoms with Crippen molar-refractivity contribution < 1.29 is 13.9 Å². The minimum absolute atomic E-state index is 0.0500. The molecule has 0 unspecified atom stereocenters. The van der Waals surface area contributed by atoms with Crippen LogP contribution in [0.2, 0.25) is 0 Å². The van der Waals surface area contributed by atoms with Crippen molar-refractivity contribution in [1.82, 2.24) is 0 Å². The Labute approximate surface area is 103 Å². The Kier molecular flexibility index (Phi) is 4.68. The van der Waals surface area contributed by atoms with E-state index < -0.39 is 11.8 Å². The van der Waals surface area contributed by atoms with Gasteiger partial charge in [-0.25, -0.2) is 9.18 Å². The third kappa shape index (κ3) is 3.30. The first-order valence-electron chi connectivity index (χ1n) is 4.83. The summed E-state index contributed by atoms with van der Waals surface area (Å²) in [5, 5.41) is 8.79. The van der Waals surface area contributed by atoms with Gasteiger partial charge in [-0.15, -0.1) is 0 Å². The van der Waals surface area contributed by atoms with Crippen LogP contribution in [0.25, 0.3) is 5.03 Å². The molecule has 0 aliphatic carbocycles. The summed E-state index contributed by atoms with van der Waals surface area (Å²) < 4.78 is 17.4. The smallest absolute Gasteiger partial charge is 0.350 e. The van der Waals surface area contributed by atoms with Gasteiger partial charge in [-0.05, 0) is 24.6 Å². The fraction of sp³-hybridized carbons (Fsp3) is 0.167. The number of rotatable bonds is 3. The third-order valence-corrected chi connectivity index (χ3v) is 2.32. The van der Waals surface area contributed by atoms with Crippen molar-refractivity contribution in [1.29, 1.82) is 5.26 Å². The normalized spacial score (nSPS) is 11.4. The predicted octanol–water partition coefficient (Wildman–Crippen LogP) is 2.86. The highest BCUT2D eigenvalue weighted by molar-refractivity contribution is 6.51. The van der Waals surface area contributed by atoms with Crippen molar-refractivity contribution >= 4 is 22.6 Å². The average molecular weight is 254 g/mol. The van der Waals surface area contributed by atoms with E-state index >= 15 is 0 Å². The van der Waals surface area contributed by atoms with E-state index in [-0.39, 0.29) is 17.2 Å². The van der Waals surface area contributed by atoms with Crippen LogP contribution in [-0.4, -0.2) is 12.6 Å². The number of carbonyl (C=O) groups is 1. The third-order valence-electron chi connectivity index (χ3n) is 1.91. The average Bonchev–Trinajstić information content (AvgIpc) is 2.31. The molecule has 0 heterocycles. The Balaban J connectivity index is 3.13. The molecule has 0 aromatic heterocycles. The predicted molar refractivity (Wildman–Crippen MR) is 61.4 cm³/mol. The molecule has 0 saturated carbocycles. The van der Waals surface area contributed by atoms with Crippen molar-refractivity contribution in [2.45, 2.75) is 6.92 Å². The Hall–Kier alpha value is -1.86. The largest absolute Gasteiger partial charge is 0.462 e. The summed E-state index contributed by atoms with van der Waals surface area (Å²) in [6, 6.07) is 6.83. The van der Waals surface area contributed by atoms with Crippen LogP contribution in [-0.2, 0) is 9.53 Å². The maximum atomic E-state index is 12.7. The molecule has 0 spiro atoms. The number of halogens is 2. The summed E-state index contributed by atoms with van der Waals surface area (Å²) in [6.45, 7) is 1.77. The van der Waals surface area contributed by atoms with Crippen LogP contribution in [0.5, 0.6) is 0 Å². The molecule has 17 heavy (non-hydrogen) atoms. The lowest BCUT2D eigenvalue weighted by Crippen LogP contribution is -2.07. The minimum Gasteiger partial charge on any atom is -0.462 e. The van der Waals surface area contributed by atoms with Gasteiger partial charge < -0.3 is 4.74 Å². The topological polar surface area (TPSA) is 50.1 Å². The molecule has 0 fully saturated rings. The molecule has 88 valence electrons. The first-order valence-corrected chi connectivity index (χ1v) is 5.20. The van der Waals surface area contributed by atoms with Gasteiger partial charge in [-0.2, -0.15) is 5.26 Å². The zero-order valence-electron chi connectivity index (χ0n) is 9.04. The molecule has 1 rings (SSSR count). The second-order valence-corrected chi connectivity index (χ2v) is 3.41. The molecule has 0 N–H and O–H groups in total. The van der Waals surface area contributed by atoms with Crippen LogP contribution >= 0.6 is 11.6 Å². The quantitative estimate of drug-likeness (QED) is 0.473. The molecule has 1 aromatic rings. The molecule has 1 aromatic carbocycles. The van der Waals surface area contributed by atoms with Crippen molar-refractivity contribution in [3.05, 3.63) is 41.2 Å². The molecule has 0 atom stereocenters. The van der Waals surface area contributed by atoms with Gasteiger partial charge in [-0.1, -0.05) is 23.7 Å². The number of benzene rings is 1. The molecule has 0 radical (unpaired) electrons. The summed E-state index contributed by atoms with van der Waals surface area (Å²) in [4.78, 5) is 11.4. The lowest BCUT2D eigenvalue weighted by molar-refractivity contribution is -0.137. The molecule has 5 heteroatoms. The molecule has 0 aliphatic heterocycles. The van der Waals surface area contributed by atoms with Gasteiger partial charge in [0, 0.05) is 0 Å². The van der Waals surface area contributed by atoms with Gasteiger partial charge in [0.05, 0.1) is 11.6 Å². The minimum atomic E-state index is -0.788. The Morgan fingerprint density at radius 3 is 2.53 bits per heavy atom. The number of ether oxygens (including phenoxy) is 1. The number of carbonyl (C=O) groups excluding carboxylic acids is 1. The molecule has 3 nitrogen and oxygen atoms in total. The highest BCUT2D eigenvalue weighted by atomic mass is 35.5. The molecule has 0 aliphatic rings. The second-order valence-electron chi connectivity index (χ2n) is 3.03. The van der Waals surface area contributed by atoms with E-state index in [1.807, 2.05) is 0 Å². The zero-order chi connectivity index (χ0) is 12.8. The monoisotopic (exact) mass is 253 g/mol. The van der Waals surface area contributed by atoms with Crippen LogP contribution in [0.4, 0.5) is 4.39 Å². The Morgan fingerprint density at radius 1 is 1.47 bits per heavy atom. The van der Waals surface area contributed by atoms with Crippen LogP contribution < -0.4 is 0 Å². The lowest BCUT2D eigenvalue weighted by atomic mass is 10.1. The first-order chi connectivity index (χ1) is 8.10. The molecule has 0 saturated heterocycles. The number of nitrogens with zero attached hydrogens (tertiary/aromatic N) is 1. The van der Waals surface area contributed by atoms with Gasteiger partial charge in [0.2, 0.25) is 0 Å². The van der Waals surface area contributed by atoms with Gasteiger partial charge in [-0.3, -0.25) is 0 Å². The van der Waals surface area contributed by atoms with E-state index in [4.69, 9.17) is 16.9 Å². The van der Waals surface area contributed by atoms with Crippen molar-refractivity contribution in [2.75, 3.05) is 6.61 Å². The van der Waals surface area contributed by atoms with E-state index in [2.05, 4.69) is 4.74 Å². The molecule has 0 amide bonds. The van der Waals surface area contributed by atoms with E-state index in [9.17, 15) is 9.18 Å².